The SMILES string of the molecule is Nc1cc(-c2ccncc2)ccc1OCc1ccccc1. The van der Waals surface area contributed by atoms with Crippen LogP contribution in [-0.2, 0) is 6.61 Å². The summed E-state index contributed by atoms with van der Waals surface area (Å²) in [4.78, 5) is 4.02. The Labute approximate surface area is 124 Å². The van der Waals surface area contributed by atoms with Gasteiger partial charge in [0, 0.05) is 12.4 Å². The van der Waals surface area contributed by atoms with Gasteiger partial charge in [-0.25, -0.2) is 0 Å². The zero-order valence-corrected chi connectivity index (χ0v) is 11.6. The van der Waals surface area contributed by atoms with E-state index in [1.807, 2.05) is 60.7 Å². The molecule has 1 heterocycles. The number of benzene rings is 2. The quantitative estimate of drug-likeness (QED) is 0.735. The number of hydrogen-bond donors (Lipinski definition) is 1. The number of anilines is 1. The molecule has 0 spiro atoms. The van der Waals surface area contributed by atoms with Crippen molar-refractivity contribution in [3.63, 3.8) is 0 Å². The number of pyridine rings is 1. The second-order valence-corrected chi connectivity index (χ2v) is 4.76. The number of aromatic nitrogens is 1. The summed E-state index contributed by atoms with van der Waals surface area (Å²) in [7, 11) is 0. The van der Waals surface area contributed by atoms with Crippen molar-refractivity contribution in [2.45, 2.75) is 6.61 Å². The standard InChI is InChI=1S/C18H16N2O/c19-17-12-16(15-8-10-20-11-9-15)6-7-18(17)21-13-14-4-2-1-3-5-14/h1-12H,13,19H2. The van der Waals surface area contributed by atoms with Crippen LogP contribution in [0, 0.1) is 0 Å². The number of nitrogen functional groups attached to an aromatic ring is 1. The molecule has 2 N–H and O–H groups in total. The van der Waals surface area contributed by atoms with E-state index in [2.05, 4.69) is 4.98 Å². The van der Waals surface area contributed by atoms with Crippen molar-refractivity contribution < 1.29 is 4.74 Å². The van der Waals surface area contributed by atoms with E-state index >= 15 is 0 Å². The maximum atomic E-state index is 6.08. The zero-order valence-electron chi connectivity index (χ0n) is 11.6. The Balaban J connectivity index is 1.76. The van der Waals surface area contributed by atoms with Gasteiger partial charge in [-0.2, -0.15) is 0 Å². The second-order valence-electron chi connectivity index (χ2n) is 4.76. The van der Waals surface area contributed by atoms with Gasteiger partial charge in [-0.05, 0) is 41.0 Å². The largest absolute Gasteiger partial charge is 0.487 e. The minimum atomic E-state index is 0.514. The Morgan fingerprint density at radius 2 is 1.62 bits per heavy atom. The lowest BCUT2D eigenvalue weighted by Gasteiger charge is -2.10. The van der Waals surface area contributed by atoms with Crippen LogP contribution < -0.4 is 10.5 Å². The van der Waals surface area contributed by atoms with Gasteiger partial charge >= 0.3 is 0 Å². The molecule has 0 radical (unpaired) electrons. The third-order valence-electron chi connectivity index (χ3n) is 3.26. The van der Waals surface area contributed by atoms with Crippen LogP contribution in [0.25, 0.3) is 11.1 Å². The Bertz CT molecular complexity index is 712. The van der Waals surface area contributed by atoms with Crippen molar-refractivity contribution in [1.29, 1.82) is 0 Å². The number of nitrogens with zero attached hydrogens (tertiary/aromatic N) is 1. The molecule has 0 saturated heterocycles. The average Bonchev–Trinajstić information content (AvgIpc) is 2.55. The van der Waals surface area contributed by atoms with Crippen LogP contribution in [0.1, 0.15) is 5.56 Å². The first-order valence-corrected chi connectivity index (χ1v) is 6.79. The zero-order chi connectivity index (χ0) is 14.5. The van der Waals surface area contributed by atoms with Gasteiger partial charge < -0.3 is 10.5 Å². The third-order valence-corrected chi connectivity index (χ3v) is 3.26. The summed E-state index contributed by atoms with van der Waals surface area (Å²) in [6.07, 6.45) is 3.54. The van der Waals surface area contributed by atoms with Crippen molar-refractivity contribution in [3.8, 4) is 16.9 Å². The first kappa shape index (κ1) is 13.2. The molecule has 1 aromatic heterocycles. The van der Waals surface area contributed by atoms with Gasteiger partial charge in [0.2, 0.25) is 0 Å². The van der Waals surface area contributed by atoms with Gasteiger partial charge in [0.05, 0.1) is 5.69 Å². The first-order chi connectivity index (χ1) is 10.3. The molecule has 21 heavy (non-hydrogen) atoms. The fraction of sp³-hybridized carbons (Fsp3) is 0.0556. The summed E-state index contributed by atoms with van der Waals surface area (Å²) in [6.45, 7) is 0.514. The molecule has 0 atom stereocenters. The predicted molar refractivity (Wildman–Crippen MR) is 84.9 cm³/mol. The van der Waals surface area contributed by atoms with E-state index in [-0.39, 0.29) is 0 Å². The summed E-state index contributed by atoms with van der Waals surface area (Å²) >= 11 is 0. The van der Waals surface area contributed by atoms with Gasteiger partial charge in [-0.15, -0.1) is 0 Å². The number of ether oxygens (including phenoxy) is 1. The van der Waals surface area contributed by atoms with Crippen molar-refractivity contribution in [2.24, 2.45) is 0 Å². The van der Waals surface area contributed by atoms with Crippen molar-refractivity contribution in [2.75, 3.05) is 5.73 Å². The van der Waals surface area contributed by atoms with Crippen LogP contribution in [0.2, 0.25) is 0 Å². The van der Waals surface area contributed by atoms with Gasteiger partial charge in [0.1, 0.15) is 12.4 Å². The van der Waals surface area contributed by atoms with E-state index in [0.717, 1.165) is 16.7 Å². The molecule has 104 valence electrons. The van der Waals surface area contributed by atoms with Crippen molar-refractivity contribution in [1.82, 2.24) is 4.98 Å². The Morgan fingerprint density at radius 3 is 2.33 bits per heavy atom. The molecular formula is C18H16N2O. The molecule has 0 aliphatic rings. The molecule has 2 aromatic carbocycles. The summed E-state index contributed by atoms with van der Waals surface area (Å²) in [5, 5.41) is 0. The minimum absolute atomic E-state index is 0.514. The van der Waals surface area contributed by atoms with Crippen LogP contribution in [0.15, 0.2) is 73.1 Å². The van der Waals surface area contributed by atoms with E-state index < -0.39 is 0 Å². The molecule has 0 amide bonds. The van der Waals surface area contributed by atoms with E-state index in [1.54, 1.807) is 12.4 Å². The molecule has 0 unspecified atom stereocenters. The van der Waals surface area contributed by atoms with Crippen LogP contribution in [0.4, 0.5) is 5.69 Å². The number of hydrogen-bond acceptors (Lipinski definition) is 3. The monoisotopic (exact) mass is 276 g/mol. The van der Waals surface area contributed by atoms with Crippen LogP contribution >= 0.6 is 0 Å². The summed E-state index contributed by atoms with van der Waals surface area (Å²) in [5.41, 5.74) is 9.99. The van der Waals surface area contributed by atoms with Crippen LogP contribution in [-0.4, -0.2) is 4.98 Å². The maximum Gasteiger partial charge on any atom is 0.142 e. The highest BCUT2D eigenvalue weighted by atomic mass is 16.5. The van der Waals surface area contributed by atoms with Crippen molar-refractivity contribution in [3.05, 3.63) is 78.6 Å². The van der Waals surface area contributed by atoms with Gasteiger partial charge in [-0.3, -0.25) is 4.98 Å². The van der Waals surface area contributed by atoms with E-state index in [0.29, 0.717) is 18.0 Å². The lowest BCUT2D eigenvalue weighted by Crippen LogP contribution is -1.98. The van der Waals surface area contributed by atoms with Crippen molar-refractivity contribution >= 4 is 5.69 Å². The minimum Gasteiger partial charge on any atom is -0.487 e. The summed E-state index contributed by atoms with van der Waals surface area (Å²) < 4.78 is 5.78. The third kappa shape index (κ3) is 3.20. The molecule has 3 heteroatoms. The molecule has 3 nitrogen and oxygen atoms in total. The van der Waals surface area contributed by atoms with E-state index in [4.69, 9.17) is 10.5 Å². The molecule has 0 fully saturated rings. The van der Waals surface area contributed by atoms with Crippen LogP contribution in [0.3, 0.4) is 0 Å². The highest BCUT2D eigenvalue weighted by Gasteiger charge is 2.04. The lowest BCUT2D eigenvalue weighted by atomic mass is 10.1. The Morgan fingerprint density at radius 1 is 0.857 bits per heavy atom. The smallest absolute Gasteiger partial charge is 0.142 e. The first-order valence-electron chi connectivity index (χ1n) is 6.79. The van der Waals surface area contributed by atoms with E-state index in [9.17, 15) is 0 Å². The number of nitrogens with two attached hydrogens (primary N) is 1. The maximum absolute atomic E-state index is 6.08. The van der Waals surface area contributed by atoms with Gasteiger partial charge in [0.15, 0.2) is 0 Å². The number of rotatable bonds is 4. The van der Waals surface area contributed by atoms with Gasteiger partial charge in [-0.1, -0.05) is 36.4 Å². The average molecular weight is 276 g/mol. The summed E-state index contributed by atoms with van der Waals surface area (Å²) in [5.74, 6) is 0.705. The molecule has 0 bridgehead atoms. The molecule has 0 saturated carbocycles. The lowest BCUT2D eigenvalue weighted by molar-refractivity contribution is 0.308. The van der Waals surface area contributed by atoms with Gasteiger partial charge in [0.25, 0.3) is 0 Å². The normalized spacial score (nSPS) is 10.3. The molecule has 0 aliphatic carbocycles. The Hall–Kier alpha value is -2.81. The highest BCUT2D eigenvalue weighted by molar-refractivity contribution is 5.70. The Kier molecular flexibility index (Phi) is 3.83. The molecule has 3 rings (SSSR count). The van der Waals surface area contributed by atoms with Crippen LogP contribution in [0.5, 0.6) is 5.75 Å². The van der Waals surface area contributed by atoms with E-state index in [1.165, 1.54) is 0 Å². The molecular weight excluding hydrogens is 260 g/mol. The fourth-order valence-corrected chi connectivity index (χ4v) is 2.14. The predicted octanol–water partition coefficient (Wildman–Crippen LogP) is 3.91. The highest BCUT2D eigenvalue weighted by Crippen LogP contribution is 2.28. The summed E-state index contributed by atoms with van der Waals surface area (Å²) in [6, 6.07) is 19.8. The second kappa shape index (κ2) is 6.09. The topological polar surface area (TPSA) is 48.1 Å². The molecule has 3 aromatic rings. The molecule has 0 aliphatic heterocycles. The fourth-order valence-electron chi connectivity index (χ4n) is 2.14.